The van der Waals surface area contributed by atoms with E-state index in [1.807, 2.05) is 0 Å². The molecule has 0 atom stereocenters. The van der Waals surface area contributed by atoms with Gasteiger partial charge in [-0.2, -0.15) is 0 Å². The van der Waals surface area contributed by atoms with Crippen LogP contribution < -0.4 is 9.05 Å². The molecular weight excluding hydrogens is 193 g/mol. The summed E-state index contributed by atoms with van der Waals surface area (Å²) < 4.78 is 21.1. The maximum Gasteiger partial charge on any atom is 0.525 e. The highest BCUT2D eigenvalue weighted by Crippen LogP contribution is 2.58. The Hall–Kier alpha value is -1.64. The summed E-state index contributed by atoms with van der Waals surface area (Å²) in [4.78, 5) is 5.35. The Morgan fingerprint density at radius 3 is 2.31 bits per heavy atom. The second-order valence-electron chi connectivity index (χ2n) is 2.28. The van der Waals surface area contributed by atoms with Gasteiger partial charge in [0.05, 0.1) is 0 Å². The molecule has 0 N–H and O–H groups in total. The van der Waals surface area contributed by atoms with Crippen molar-refractivity contribution < 1.29 is 13.6 Å². The van der Waals surface area contributed by atoms with Crippen LogP contribution in [0.1, 0.15) is 0 Å². The van der Waals surface area contributed by atoms with Crippen LogP contribution in [0.4, 0.5) is 0 Å². The lowest BCUT2D eigenvalue weighted by Crippen LogP contribution is -1.85. The minimum Gasteiger partial charge on any atom is -0.407 e. The van der Waals surface area contributed by atoms with E-state index in [0.717, 1.165) is 0 Å². The lowest BCUT2D eigenvalue weighted by atomic mass is 10.3. The molecule has 1 aliphatic rings. The third-order valence-corrected chi connectivity index (χ3v) is 2.58. The van der Waals surface area contributed by atoms with E-state index in [0.29, 0.717) is 11.5 Å². The van der Waals surface area contributed by atoms with E-state index in [1.54, 1.807) is 24.3 Å². The fourth-order valence-electron chi connectivity index (χ4n) is 0.954. The van der Waals surface area contributed by atoms with Crippen LogP contribution in [-0.2, 0) is 4.57 Å². The number of fused-ring (bicyclic) bond motifs is 1. The van der Waals surface area contributed by atoms with Gasteiger partial charge in [-0.15, -0.1) is 0 Å². The number of para-hydroxylation sites is 2. The van der Waals surface area contributed by atoms with Crippen molar-refractivity contribution in [1.82, 2.24) is 0 Å². The van der Waals surface area contributed by atoms with E-state index in [9.17, 15) is 4.57 Å². The van der Waals surface area contributed by atoms with Gasteiger partial charge in [0.25, 0.3) is 0 Å². The van der Waals surface area contributed by atoms with Crippen LogP contribution in [0.15, 0.2) is 29.2 Å². The third-order valence-electron chi connectivity index (χ3n) is 1.43. The highest BCUT2D eigenvalue weighted by atomic mass is 31.2. The molecule has 1 aliphatic heterocycles. The number of nitrogens with zero attached hydrogens (tertiary/aromatic N) is 3. The van der Waals surface area contributed by atoms with Crippen LogP contribution in [0, 0.1) is 0 Å². The average Bonchev–Trinajstić information content (AvgIpc) is 2.40. The molecule has 66 valence electrons. The van der Waals surface area contributed by atoms with Crippen molar-refractivity contribution >= 4 is 7.75 Å². The zero-order chi connectivity index (χ0) is 9.31. The first-order chi connectivity index (χ1) is 6.23. The maximum atomic E-state index is 11.4. The van der Waals surface area contributed by atoms with Gasteiger partial charge in [-0.3, -0.25) is 0 Å². The maximum absolute atomic E-state index is 11.4. The molecule has 2 rings (SSSR count). The Labute approximate surface area is 73.3 Å². The molecule has 13 heavy (non-hydrogen) atoms. The zero-order valence-corrected chi connectivity index (χ0v) is 7.22. The molecule has 6 nitrogen and oxygen atoms in total. The van der Waals surface area contributed by atoms with Gasteiger partial charge in [0.15, 0.2) is 11.5 Å². The molecule has 0 spiro atoms. The summed E-state index contributed by atoms with van der Waals surface area (Å²) in [7, 11) is -3.64. The van der Waals surface area contributed by atoms with E-state index in [1.165, 1.54) is 0 Å². The van der Waals surface area contributed by atoms with Crippen LogP contribution in [0.2, 0.25) is 0 Å². The lowest BCUT2D eigenvalue weighted by molar-refractivity contribution is 0.432. The zero-order valence-electron chi connectivity index (χ0n) is 6.32. The van der Waals surface area contributed by atoms with Gasteiger partial charge in [0.1, 0.15) is 0 Å². The van der Waals surface area contributed by atoms with Gasteiger partial charge in [-0.1, -0.05) is 12.1 Å². The van der Waals surface area contributed by atoms with Gasteiger partial charge in [0.2, 0.25) is 0 Å². The number of azide groups is 1. The summed E-state index contributed by atoms with van der Waals surface area (Å²) >= 11 is 0. The predicted octanol–water partition coefficient (Wildman–Crippen LogP) is 2.88. The topological polar surface area (TPSA) is 84.3 Å². The largest absolute Gasteiger partial charge is 0.525 e. The first-order valence-electron chi connectivity index (χ1n) is 3.38. The van der Waals surface area contributed by atoms with Crippen molar-refractivity contribution in [2.75, 3.05) is 0 Å². The number of hydrogen-bond donors (Lipinski definition) is 0. The van der Waals surface area contributed by atoms with E-state index < -0.39 is 7.75 Å². The van der Waals surface area contributed by atoms with Crippen LogP contribution >= 0.6 is 7.75 Å². The molecule has 0 bridgehead atoms. The van der Waals surface area contributed by atoms with Crippen LogP contribution in [0.25, 0.3) is 10.4 Å². The molecule has 1 aromatic rings. The van der Waals surface area contributed by atoms with Gasteiger partial charge in [-0.25, -0.2) is 4.57 Å². The molecule has 0 aromatic heterocycles. The Morgan fingerprint density at radius 2 is 1.85 bits per heavy atom. The van der Waals surface area contributed by atoms with Crippen molar-refractivity contribution in [3.63, 3.8) is 0 Å². The highest BCUT2D eigenvalue weighted by Gasteiger charge is 2.35. The van der Waals surface area contributed by atoms with E-state index >= 15 is 0 Å². The first-order valence-corrected chi connectivity index (χ1v) is 4.88. The highest BCUT2D eigenvalue weighted by molar-refractivity contribution is 7.53. The van der Waals surface area contributed by atoms with Crippen LogP contribution in [-0.4, -0.2) is 0 Å². The summed E-state index contributed by atoms with van der Waals surface area (Å²) in [5.41, 5.74) is 8.10. The van der Waals surface area contributed by atoms with Crippen molar-refractivity contribution in [3.05, 3.63) is 34.7 Å². The molecule has 0 saturated heterocycles. The van der Waals surface area contributed by atoms with E-state index in [4.69, 9.17) is 14.6 Å². The monoisotopic (exact) mass is 197 g/mol. The van der Waals surface area contributed by atoms with E-state index in [-0.39, 0.29) is 0 Å². The van der Waals surface area contributed by atoms with Crippen molar-refractivity contribution in [2.24, 2.45) is 4.88 Å². The van der Waals surface area contributed by atoms with Crippen molar-refractivity contribution in [3.8, 4) is 11.5 Å². The number of rotatable bonds is 1. The van der Waals surface area contributed by atoms with Gasteiger partial charge in [-0.05, 0) is 17.7 Å². The molecule has 7 heteroatoms. The lowest BCUT2D eigenvalue weighted by Gasteiger charge is -1.99. The molecule has 0 radical (unpaired) electrons. The summed E-state index contributed by atoms with van der Waals surface area (Å²) in [6, 6.07) is 6.58. The minimum absolute atomic E-state index is 0.332. The molecule has 1 heterocycles. The Balaban J connectivity index is 2.42. The van der Waals surface area contributed by atoms with Gasteiger partial charge in [0, 0.05) is 9.80 Å². The van der Waals surface area contributed by atoms with Crippen molar-refractivity contribution in [1.29, 1.82) is 0 Å². The summed E-state index contributed by atoms with van der Waals surface area (Å²) in [6.45, 7) is 0. The number of benzene rings is 1. The average molecular weight is 197 g/mol. The third kappa shape index (κ3) is 1.33. The smallest absolute Gasteiger partial charge is 0.407 e. The Kier molecular flexibility index (Phi) is 1.65. The van der Waals surface area contributed by atoms with E-state index in [2.05, 4.69) is 9.80 Å². The molecule has 0 amide bonds. The molecule has 1 aromatic carbocycles. The standard InChI is InChI=1S/C6H4N3O3P/c7-8-9-13(10)11-5-3-1-2-4-6(5)12-13/h1-4H. The Bertz CT molecular complexity index is 412. The molecule has 0 fully saturated rings. The molecular formula is C6H4N3O3P. The van der Waals surface area contributed by atoms with Gasteiger partial charge < -0.3 is 9.05 Å². The molecule has 0 unspecified atom stereocenters. The second-order valence-corrected chi connectivity index (χ2v) is 3.76. The molecule has 0 saturated carbocycles. The van der Waals surface area contributed by atoms with Gasteiger partial charge >= 0.3 is 7.75 Å². The SMILES string of the molecule is [N-]=[N+]=NP1(=O)Oc2ccccc2O1. The van der Waals surface area contributed by atoms with Crippen LogP contribution in [0.5, 0.6) is 11.5 Å². The summed E-state index contributed by atoms with van der Waals surface area (Å²) in [5.74, 6) is 0.663. The second kappa shape index (κ2) is 2.69. The number of hydrogen-bond acceptors (Lipinski definition) is 3. The Morgan fingerprint density at radius 1 is 1.31 bits per heavy atom. The fourth-order valence-corrected chi connectivity index (χ4v) is 1.96. The van der Waals surface area contributed by atoms with Crippen molar-refractivity contribution in [2.45, 2.75) is 0 Å². The fraction of sp³-hybridized carbons (Fsp3) is 0. The summed E-state index contributed by atoms with van der Waals surface area (Å²) in [5, 5.41) is 0. The normalized spacial score (nSPS) is 16.3. The minimum atomic E-state index is -3.64. The molecule has 0 aliphatic carbocycles. The summed E-state index contributed by atoms with van der Waals surface area (Å²) in [6.07, 6.45) is 0. The quantitative estimate of drug-likeness (QED) is 0.300. The predicted molar refractivity (Wildman–Crippen MR) is 44.5 cm³/mol. The van der Waals surface area contributed by atoms with Crippen LogP contribution in [0.3, 0.4) is 0 Å². The first kappa shape index (κ1) is 7.98.